The Kier molecular flexibility index (Phi) is 6.11. The molecule has 208 valence electrons. The molecule has 9 unspecified atom stereocenters. The number of hydrogen-bond donors (Lipinski definition) is 1. The molecule has 6 aliphatic rings. The summed E-state index contributed by atoms with van der Waals surface area (Å²) >= 11 is 0. The van der Waals surface area contributed by atoms with E-state index in [2.05, 4.69) is 25.8 Å². The highest BCUT2D eigenvalue weighted by Crippen LogP contribution is 2.68. The van der Waals surface area contributed by atoms with Crippen LogP contribution in [0.15, 0.2) is 45.6 Å². The van der Waals surface area contributed by atoms with Crippen molar-refractivity contribution >= 4 is 11.1 Å². The molecule has 0 bridgehead atoms. The van der Waals surface area contributed by atoms with Gasteiger partial charge in [-0.1, -0.05) is 20.8 Å². The maximum Gasteiger partial charge on any atom is 0.182 e. The minimum Gasteiger partial charge on any atom is -0.493 e. The van der Waals surface area contributed by atoms with Crippen LogP contribution in [-0.2, 0) is 0 Å². The van der Waals surface area contributed by atoms with E-state index < -0.39 is 0 Å². The molecule has 4 saturated carbocycles. The van der Waals surface area contributed by atoms with Crippen molar-refractivity contribution in [3.8, 4) is 17.2 Å². The Bertz CT molecular complexity index is 1400. The van der Waals surface area contributed by atoms with Crippen molar-refractivity contribution in [2.75, 3.05) is 6.61 Å². The average Bonchev–Trinajstić information content (AvgIpc) is 3.28. The molecule has 1 N–H and O–H groups in total. The second kappa shape index (κ2) is 9.33. The summed E-state index contributed by atoms with van der Waals surface area (Å²) in [6.07, 6.45) is 11.3. The van der Waals surface area contributed by atoms with Crippen molar-refractivity contribution in [1.82, 2.24) is 4.98 Å². The topological polar surface area (TPSA) is 72.6 Å². The summed E-state index contributed by atoms with van der Waals surface area (Å²) in [5.41, 5.74) is 2.85. The van der Waals surface area contributed by atoms with Gasteiger partial charge in [-0.25, -0.2) is 4.98 Å². The summed E-state index contributed by atoms with van der Waals surface area (Å²) in [5.74, 6) is 5.74. The molecule has 5 heteroatoms. The van der Waals surface area contributed by atoms with E-state index in [9.17, 15) is 9.90 Å². The lowest BCUT2D eigenvalue weighted by molar-refractivity contribution is -0.129. The molecule has 4 fully saturated rings. The van der Waals surface area contributed by atoms with Crippen molar-refractivity contribution in [1.29, 1.82) is 0 Å². The molecule has 5 nitrogen and oxygen atoms in total. The largest absolute Gasteiger partial charge is 0.493 e. The zero-order valence-corrected chi connectivity index (χ0v) is 23.7. The van der Waals surface area contributed by atoms with Gasteiger partial charge in [0.1, 0.15) is 17.0 Å². The van der Waals surface area contributed by atoms with Crippen molar-refractivity contribution in [3.63, 3.8) is 0 Å². The Morgan fingerprint density at radius 1 is 1.00 bits per heavy atom. The molecule has 0 spiro atoms. The third kappa shape index (κ3) is 4.13. The Morgan fingerprint density at radius 2 is 1.82 bits per heavy atom. The van der Waals surface area contributed by atoms with Crippen LogP contribution in [-0.4, -0.2) is 22.8 Å². The molecular formula is C34H43NO4. The van der Waals surface area contributed by atoms with Gasteiger partial charge in [-0.15, -0.1) is 0 Å². The van der Waals surface area contributed by atoms with Crippen LogP contribution < -0.4 is 10.2 Å². The molecule has 1 heterocycles. The number of fused-ring (bicyclic) bond motifs is 7. The highest BCUT2D eigenvalue weighted by molar-refractivity contribution is 5.77. The Labute approximate surface area is 231 Å². The number of nitrogens with zero attached hydrogens (tertiary/aromatic N) is 1. The highest BCUT2D eigenvalue weighted by Gasteiger charge is 2.60. The first-order valence-electron chi connectivity index (χ1n) is 15.4. The van der Waals surface area contributed by atoms with E-state index in [4.69, 9.17) is 9.15 Å². The number of benzene rings is 2. The van der Waals surface area contributed by atoms with Gasteiger partial charge >= 0.3 is 0 Å². The van der Waals surface area contributed by atoms with Gasteiger partial charge in [0.2, 0.25) is 0 Å². The van der Waals surface area contributed by atoms with Crippen LogP contribution >= 0.6 is 0 Å². The van der Waals surface area contributed by atoms with Gasteiger partial charge in [-0.05, 0) is 128 Å². The van der Waals surface area contributed by atoms with Gasteiger partial charge in [-0.2, -0.15) is 0 Å². The third-order valence-electron chi connectivity index (χ3n) is 12.2. The lowest BCUT2D eigenvalue weighted by atomic mass is 9.44. The van der Waals surface area contributed by atoms with E-state index in [1.54, 1.807) is 6.07 Å². The fourth-order valence-corrected chi connectivity index (χ4v) is 10.2. The molecule has 0 aromatic heterocycles. The maximum atomic E-state index is 11.8. The minimum absolute atomic E-state index is 0.0669. The molecule has 0 amide bonds. The third-order valence-corrected chi connectivity index (χ3v) is 12.2. The van der Waals surface area contributed by atoms with E-state index in [1.807, 2.05) is 18.2 Å². The van der Waals surface area contributed by atoms with Crippen LogP contribution in [0.4, 0.5) is 0 Å². The number of hydrogen-bond acceptors (Lipinski definition) is 5. The van der Waals surface area contributed by atoms with E-state index in [0.717, 1.165) is 47.8 Å². The second-order valence-electron chi connectivity index (χ2n) is 14.1. The minimum atomic E-state index is -0.0780. The van der Waals surface area contributed by atoms with Gasteiger partial charge in [0.25, 0.3) is 0 Å². The zero-order chi connectivity index (χ0) is 26.9. The van der Waals surface area contributed by atoms with Gasteiger partial charge in [-0.3, -0.25) is 4.79 Å². The molecule has 1 aromatic rings. The van der Waals surface area contributed by atoms with E-state index in [1.165, 1.54) is 57.1 Å². The molecular weight excluding hydrogens is 486 g/mol. The van der Waals surface area contributed by atoms with Crippen LogP contribution in [0.3, 0.4) is 0 Å². The Balaban J connectivity index is 1.05. The second-order valence-corrected chi connectivity index (χ2v) is 14.1. The normalized spacial score (nSPS) is 38.7. The summed E-state index contributed by atoms with van der Waals surface area (Å²) in [7, 11) is 0. The molecule has 7 rings (SSSR count). The molecule has 1 aromatic carbocycles. The van der Waals surface area contributed by atoms with Gasteiger partial charge in [0, 0.05) is 12.1 Å². The SMILES string of the molecule is CC(COc1ccc2nc3ccc(=O)cc-3oc2c1)C1CCC2C3CCC4CC(O)CCC4(C)C3CCC12C. The molecule has 9 atom stereocenters. The van der Waals surface area contributed by atoms with Crippen molar-refractivity contribution in [2.45, 2.75) is 84.7 Å². The van der Waals surface area contributed by atoms with Crippen molar-refractivity contribution in [2.24, 2.45) is 46.3 Å². The van der Waals surface area contributed by atoms with Crippen molar-refractivity contribution < 1.29 is 14.3 Å². The van der Waals surface area contributed by atoms with E-state index in [0.29, 0.717) is 46.3 Å². The first kappa shape index (κ1) is 25.6. The fraction of sp³-hybridized carbons (Fsp3) is 0.647. The number of ether oxygens (including phenoxy) is 1. The predicted octanol–water partition coefficient (Wildman–Crippen LogP) is 7.33. The van der Waals surface area contributed by atoms with Crippen LogP contribution in [0.1, 0.15) is 78.6 Å². The maximum absolute atomic E-state index is 11.8. The fourth-order valence-electron chi connectivity index (χ4n) is 10.2. The first-order valence-corrected chi connectivity index (χ1v) is 15.4. The summed E-state index contributed by atoms with van der Waals surface area (Å²) in [4.78, 5) is 16.4. The van der Waals surface area contributed by atoms with Crippen molar-refractivity contribution in [3.05, 3.63) is 46.6 Å². The van der Waals surface area contributed by atoms with Crippen LogP contribution in [0, 0.1) is 46.3 Å². The molecule has 39 heavy (non-hydrogen) atoms. The highest BCUT2D eigenvalue weighted by atomic mass is 16.5. The summed E-state index contributed by atoms with van der Waals surface area (Å²) in [6.45, 7) is 8.29. The number of aliphatic hydroxyl groups excluding tert-OH is 1. The molecule has 0 radical (unpaired) electrons. The smallest absolute Gasteiger partial charge is 0.182 e. The quantitative estimate of drug-likeness (QED) is 0.358. The van der Waals surface area contributed by atoms with E-state index in [-0.39, 0.29) is 11.5 Å². The lowest BCUT2D eigenvalue weighted by Crippen LogP contribution is -2.54. The van der Waals surface area contributed by atoms with Crippen LogP contribution in [0.2, 0.25) is 0 Å². The summed E-state index contributed by atoms with van der Waals surface area (Å²) in [5, 5.41) is 10.4. The Hall–Kier alpha value is -2.40. The van der Waals surface area contributed by atoms with Crippen LogP contribution in [0.5, 0.6) is 5.75 Å². The average molecular weight is 530 g/mol. The number of rotatable bonds is 4. The van der Waals surface area contributed by atoms with Crippen LogP contribution in [0.25, 0.3) is 22.6 Å². The predicted molar refractivity (Wildman–Crippen MR) is 153 cm³/mol. The zero-order valence-electron chi connectivity index (χ0n) is 23.7. The number of aliphatic hydroxyl groups is 1. The van der Waals surface area contributed by atoms with Gasteiger partial charge in [0.15, 0.2) is 16.8 Å². The van der Waals surface area contributed by atoms with Gasteiger partial charge in [0.05, 0.1) is 12.7 Å². The Morgan fingerprint density at radius 3 is 2.69 bits per heavy atom. The number of aromatic nitrogens is 1. The monoisotopic (exact) mass is 529 g/mol. The first-order chi connectivity index (χ1) is 18.7. The summed E-state index contributed by atoms with van der Waals surface area (Å²) < 4.78 is 12.4. The molecule has 0 saturated heterocycles. The molecule has 5 aliphatic carbocycles. The van der Waals surface area contributed by atoms with E-state index >= 15 is 0 Å². The summed E-state index contributed by atoms with van der Waals surface area (Å²) in [6, 6.07) is 10.6. The standard InChI is InChI=1S/C34H43NO4/c1-20(19-38-24-6-11-30-32(18-24)39-31-17-22(36)5-10-29(31)35-30)26-8-9-27-25-7-4-21-16-23(37)12-14-33(21,2)28(25)13-15-34(26,27)3/h5-6,10-11,17-18,20-21,23,25-28,37H,4,7-9,12-16,19H2,1-3H3. The molecule has 1 aliphatic heterocycles. The lowest BCUT2D eigenvalue weighted by Gasteiger charge is -2.61. The van der Waals surface area contributed by atoms with Gasteiger partial charge < -0.3 is 14.3 Å².